The minimum atomic E-state index is -0.629. The molecule has 0 radical (unpaired) electrons. The minimum Gasteiger partial charge on any atom is -0.496 e. The standard InChI is InChI=1S/C21H18FNO4/c1-26-19-9-8-18(22)11-17(19)13-27-20(24)12-23-21(25)16-7-6-14-4-2-3-5-15(14)10-16/h2-11H,12-13H2,1H3,(H,23,25). The van der Waals surface area contributed by atoms with Crippen LogP contribution in [0.2, 0.25) is 0 Å². The summed E-state index contributed by atoms with van der Waals surface area (Å²) >= 11 is 0. The van der Waals surface area contributed by atoms with Gasteiger partial charge in [-0.25, -0.2) is 4.39 Å². The highest BCUT2D eigenvalue weighted by atomic mass is 19.1. The molecule has 3 rings (SSSR count). The van der Waals surface area contributed by atoms with Crippen molar-refractivity contribution in [2.24, 2.45) is 0 Å². The molecule has 0 spiro atoms. The van der Waals surface area contributed by atoms with Gasteiger partial charge < -0.3 is 14.8 Å². The third-order valence-electron chi connectivity index (χ3n) is 4.04. The van der Waals surface area contributed by atoms with Crippen molar-refractivity contribution in [2.45, 2.75) is 6.61 Å². The van der Waals surface area contributed by atoms with Gasteiger partial charge in [0.1, 0.15) is 24.7 Å². The maximum Gasteiger partial charge on any atom is 0.325 e. The SMILES string of the molecule is COc1ccc(F)cc1COC(=O)CNC(=O)c1ccc2ccccc2c1. The number of amides is 1. The summed E-state index contributed by atoms with van der Waals surface area (Å²) in [5.41, 5.74) is 0.861. The number of nitrogens with one attached hydrogen (secondary N) is 1. The van der Waals surface area contributed by atoms with E-state index in [1.165, 1.54) is 25.3 Å². The Balaban J connectivity index is 1.55. The Morgan fingerprint density at radius 2 is 1.78 bits per heavy atom. The molecular formula is C21H18FNO4. The van der Waals surface area contributed by atoms with Crippen molar-refractivity contribution in [2.75, 3.05) is 13.7 Å². The van der Waals surface area contributed by atoms with E-state index >= 15 is 0 Å². The first-order chi connectivity index (χ1) is 13.1. The summed E-state index contributed by atoms with van der Waals surface area (Å²) in [6.45, 7) is -0.436. The fourth-order valence-electron chi connectivity index (χ4n) is 2.65. The molecule has 138 valence electrons. The van der Waals surface area contributed by atoms with Crippen LogP contribution in [0.15, 0.2) is 60.7 Å². The van der Waals surface area contributed by atoms with E-state index in [0.717, 1.165) is 10.8 Å². The van der Waals surface area contributed by atoms with Gasteiger partial charge in [-0.05, 0) is 41.1 Å². The Bertz CT molecular complexity index is 987. The maximum atomic E-state index is 13.3. The van der Waals surface area contributed by atoms with Crippen molar-refractivity contribution < 1.29 is 23.5 Å². The molecule has 3 aromatic rings. The van der Waals surface area contributed by atoms with Gasteiger partial charge in [-0.2, -0.15) is 0 Å². The van der Waals surface area contributed by atoms with Gasteiger partial charge in [-0.15, -0.1) is 0 Å². The number of carbonyl (C=O) groups excluding carboxylic acids is 2. The van der Waals surface area contributed by atoms with Gasteiger partial charge in [-0.1, -0.05) is 30.3 Å². The van der Waals surface area contributed by atoms with Crippen LogP contribution in [0.4, 0.5) is 4.39 Å². The maximum absolute atomic E-state index is 13.3. The molecule has 0 fully saturated rings. The van der Waals surface area contributed by atoms with E-state index in [-0.39, 0.29) is 19.1 Å². The highest BCUT2D eigenvalue weighted by Crippen LogP contribution is 2.20. The van der Waals surface area contributed by atoms with Gasteiger partial charge in [0.05, 0.1) is 7.11 Å². The predicted molar refractivity (Wildman–Crippen MR) is 99.0 cm³/mol. The molecule has 0 aromatic heterocycles. The van der Waals surface area contributed by atoms with Gasteiger partial charge in [-0.3, -0.25) is 9.59 Å². The number of esters is 1. The Kier molecular flexibility index (Phi) is 5.66. The van der Waals surface area contributed by atoms with Crippen LogP contribution in [-0.2, 0) is 16.1 Å². The predicted octanol–water partition coefficient (Wildman–Crippen LogP) is 3.46. The molecule has 1 N–H and O–H groups in total. The van der Waals surface area contributed by atoms with Crippen LogP contribution in [0.1, 0.15) is 15.9 Å². The second kappa shape index (κ2) is 8.31. The van der Waals surface area contributed by atoms with Crippen molar-refractivity contribution in [1.29, 1.82) is 0 Å². The number of halogens is 1. The summed E-state index contributed by atoms with van der Waals surface area (Å²) in [5, 5.41) is 4.48. The monoisotopic (exact) mass is 367 g/mol. The molecule has 5 nitrogen and oxygen atoms in total. The van der Waals surface area contributed by atoms with E-state index in [0.29, 0.717) is 16.9 Å². The number of ether oxygens (including phenoxy) is 2. The van der Waals surface area contributed by atoms with Crippen LogP contribution in [0.5, 0.6) is 5.75 Å². The average Bonchev–Trinajstić information content (AvgIpc) is 2.70. The number of hydrogen-bond acceptors (Lipinski definition) is 4. The molecular weight excluding hydrogens is 349 g/mol. The molecule has 0 heterocycles. The topological polar surface area (TPSA) is 64.6 Å². The summed E-state index contributed by atoms with van der Waals surface area (Å²) in [6.07, 6.45) is 0. The molecule has 0 aliphatic heterocycles. The lowest BCUT2D eigenvalue weighted by atomic mass is 10.1. The van der Waals surface area contributed by atoms with Crippen molar-refractivity contribution in [3.8, 4) is 5.75 Å². The van der Waals surface area contributed by atoms with Gasteiger partial charge in [0.2, 0.25) is 0 Å². The van der Waals surface area contributed by atoms with E-state index in [1.54, 1.807) is 12.1 Å². The van der Waals surface area contributed by atoms with E-state index < -0.39 is 11.8 Å². The van der Waals surface area contributed by atoms with Crippen LogP contribution >= 0.6 is 0 Å². The number of carbonyl (C=O) groups is 2. The van der Waals surface area contributed by atoms with Gasteiger partial charge >= 0.3 is 5.97 Å². The molecule has 0 bridgehead atoms. The largest absolute Gasteiger partial charge is 0.496 e. The highest BCUT2D eigenvalue weighted by molar-refractivity contribution is 5.99. The zero-order valence-corrected chi connectivity index (χ0v) is 14.7. The number of hydrogen-bond donors (Lipinski definition) is 1. The van der Waals surface area contributed by atoms with Gasteiger partial charge in [0.25, 0.3) is 5.91 Å². The van der Waals surface area contributed by atoms with E-state index in [4.69, 9.17) is 9.47 Å². The molecule has 6 heteroatoms. The normalized spacial score (nSPS) is 10.4. The average molecular weight is 367 g/mol. The first-order valence-electron chi connectivity index (χ1n) is 8.32. The quantitative estimate of drug-likeness (QED) is 0.678. The van der Waals surface area contributed by atoms with Gasteiger partial charge in [0.15, 0.2) is 0 Å². The lowest BCUT2D eigenvalue weighted by Gasteiger charge is -2.10. The molecule has 0 saturated heterocycles. The lowest BCUT2D eigenvalue weighted by Crippen LogP contribution is -2.30. The van der Waals surface area contributed by atoms with Crippen molar-refractivity contribution >= 4 is 22.6 Å². The van der Waals surface area contributed by atoms with Crippen LogP contribution in [0.25, 0.3) is 10.8 Å². The minimum absolute atomic E-state index is 0.147. The fraction of sp³-hybridized carbons (Fsp3) is 0.143. The molecule has 1 amide bonds. The summed E-state index contributed by atoms with van der Waals surface area (Å²) in [6, 6.07) is 16.9. The molecule has 0 saturated carbocycles. The van der Waals surface area contributed by atoms with Crippen molar-refractivity contribution in [1.82, 2.24) is 5.32 Å². The van der Waals surface area contributed by atoms with Crippen LogP contribution in [-0.4, -0.2) is 25.5 Å². The van der Waals surface area contributed by atoms with Crippen molar-refractivity contribution in [3.05, 3.63) is 77.6 Å². The Labute approximate surface area is 155 Å². The third kappa shape index (κ3) is 4.61. The zero-order valence-electron chi connectivity index (χ0n) is 14.7. The summed E-state index contributed by atoms with van der Waals surface area (Å²) in [4.78, 5) is 24.1. The molecule has 3 aromatic carbocycles. The summed E-state index contributed by atoms with van der Waals surface area (Å²) < 4.78 is 23.5. The van der Waals surface area contributed by atoms with E-state index in [9.17, 15) is 14.0 Å². The molecule has 0 unspecified atom stereocenters. The molecule has 0 aliphatic rings. The number of methoxy groups -OCH3 is 1. The van der Waals surface area contributed by atoms with Crippen LogP contribution < -0.4 is 10.1 Å². The number of rotatable bonds is 6. The first-order valence-corrected chi connectivity index (χ1v) is 8.32. The second-order valence-electron chi connectivity index (χ2n) is 5.86. The zero-order chi connectivity index (χ0) is 19.2. The number of benzene rings is 3. The van der Waals surface area contributed by atoms with Crippen LogP contribution in [0, 0.1) is 5.82 Å². The van der Waals surface area contributed by atoms with E-state index in [2.05, 4.69) is 5.32 Å². The van der Waals surface area contributed by atoms with E-state index in [1.807, 2.05) is 30.3 Å². The first kappa shape index (κ1) is 18.4. The highest BCUT2D eigenvalue weighted by Gasteiger charge is 2.11. The lowest BCUT2D eigenvalue weighted by molar-refractivity contribution is -0.143. The molecule has 27 heavy (non-hydrogen) atoms. The second-order valence-corrected chi connectivity index (χ2v) is 5.86. The molecule has 0 atom stereocenters. The number of fused-ring (bicyclic) bond motifs is 1. The smallest absolute Gasteiger partial charge is 0.325 e. The Morgan fingerprint density at radius 3 is 2.56 bits per heavy atom. The fourth-order valence-corrected chi connectivity index (χ4v) is 2.65. The third-order valence-corrected chi connectivity index (χ3v) is 4.04. The Morgan fingerprint density at radius 1 is 1.00 bits per heavy atom. The van der Waals surface area contributed by atoms with Crippen LogP contribution in [0.3, 0.4) is 0 Å². The molecule has 0 aliphatic carbocycles. The van der Waals surface area contributed by atoms with Crippen molar-refractivity contribution in [3.63, 3.8) is 0 Å². The Hall–Kier alpha value is -3.41. The summed E-state index contributed by atoms with van der Waals surface area (Å²) in [5.74, 6) is -1.03. The van der Waals surface area contributed by atoms with Gasteiger partial charge in [0, 0.05) is 11.1 Å². The summed E-state index contributed by atoms with van der Waals surface area (Å²) in [7, 11) is 1.45.